The zero-order valence-corrected chi connectivity index (χ0v) is 8.10. The molecule has 0 saturated carbocycles. The molecule has 0 radical (unpaired) electrons. The molecule has 0 aromatic carbocycles. The van der Waals surface area contributed by atoms with Gasteiger partial charge in [-0.3, -0.25) is 0 Å². The molecular weight excluding hydrogens is 152 g/mol. The molecule has 0 bridgehead atoms. The van der Waals surface area contributed by atoms with Crippen molar-refractivity contribution in [3.8, 4) is 0 Å². The zero-order valence-electron chi connectivity index (χ0n) is 8.10. The van der Waals surface area contributed by atoms with E-state index in [0.29, 0.717) is 12.1 Å². The van der Waals surface area contributed by atoms with E-state index in [1.807, 2.05) is 0 Å². The van der Waals surface area contributed by atoms with Gasteiger partial charge in [-0.2, -0.15) is 0 Å². The Morgan fingerprint density at radius 1 is 1.67 bits per heavy atom. The topological polar surface area (TPSA) is 33.3 Å². The van der Waals surface area contributed by atoms with Gasteiger partial charge in [-0.25, -0.2) is 0 Å². The first-order valence-corrected chi connectivity index (χ1v) is 4.80. The third-order valence-electron chi connectivity index (χ3n) is 2.39. The van der Waals surface area contributed by atoms with Crippen LogP contribution in [0.5, 0.6) is 0 Å². The van der Waals surface area contributed by atoms with Gasteiger partial charge in [-0.15, -0.1) is 0 Å². The molecule has 1 aliphatic rings. The summed E-state index contributed by atoms with van der Waals surface area (Å²) in [5, 5.41) is 6.86. The summed E-state index contributed by atoms with van der Waals surface area (Å²) in [6.45, 7) is 5.33. The number of ether oxygens (including phenoxy) is 1. The lowest BCUT2D eigenvalue weighted by molar-refractivity contribution is 0.113. The van der Waals surface area contributed by atoms with Gasteiger partial charge in [0.1, 0.15) is 0 Å². The van der Waals surface area contributed by atoms with Gasteiger partial charge in [-0.05, 0) is 26.3 Å². The molecule has 1 fully saturated rings. The molecule has 0 aliphatic carbocycles. The molecule has 1 heterocycles. The molecule has 3 nitrogen and oxygen atoms in total. The van der Waals surface area contributed by atoms with Gasteiger partial charge in [0.05, 0.1) is 6.10 Å². The molecule has 12 heavy (non-hydrogen) atoms. The number of rotatable bonds is 4. The second-order valence-corrected chi connectivity index (χ2v) is 3.50. The van der Waals surface area contributed by atoms with Crippen LogP contribution in [-0.2, 0) is 4.74 Å². The van der Waals surface area contributed by atoms with Crippen LogP contribution in [0.3, 0.4) is 0 Å². The predicted molar refractivity (Wildman–Crippen MR) is 50.4 cm³/mol. The molecule has 3 heteroatoms. The monoisotopic (exact) mass is 172 g/mol. The van der Waals surface area contributed by atoms with Crippen molar-refractivity contribution in [1.82, 2.24) is 10.6 Å². The van der Waals surface area contributed by atoms with E-state index in [0.717, 1.165) is 13.1 Å². The van der Waals surface area contributed by atoms with Crippen molar-refractivity contribution in [2.75, 3.05) is 26.7 Å². The molecule has 0 amide bonds. The summed E-state index contributed by atoms with van der Waals surface area (Å²) in [6.07, 6.45) is 2.91. The lowest BCUT2D eigenvalue weighted by Crippen LogP contribution is -2.45. The highest BCUT2D eigenvalue weighted by Crippen LogP contribution is 2.01. The van der Waals surface area contributed by atoms with Crippen molar-refractivity contribution < 1.29 is 4.74 Å². The first-order chi connectivity index (χ1) is 5.83. The fourth-order valence-electron chi connectivity index (χ4n) is 1.44. The van der Waals surface area contributed by atoms with Gasteiger partial charge >= 0.3 is 0 Å². The van der Waals surface area contributed by atoms with Gasteiger partial charge in [-0.1, -0.05) is 0 Å². The van der Waals surface area contributed by atoms with E-state index < -0.39 is 0 Å². The van der Waals surface area contributed by atoms with Crippen LogP contribution < -0.4 is 10.6 Å². The largest absolute Gasteiger partial charge is 0.380 e. The van der Waals surface area contributed by atoms with Crippen LogP contribution in [-0.4, -0.2) is 38.9 Å². The Bertz CT molecular complexity index is 113. The minimum atomic E-state index is 0.326. The predicted octanol–water partition coefficient (Wildman–Crippen LogP) is 0.363. The Labute approximate surface area is 74.9 Å². The highest BCUT2D eigenvalue weighted by atomic mass is 16.5. The summed E-state index contributed by atoms with van der Waals surface area (Å²) in [5.41, 5.74) is 0. The molecular formula is C9H20N2O. The fourth-order valence-corrected chi connectivity index (χ4v) is 1.44. The minimum absolute atomic E-state index is 0.326. The van der Waals surface area contributed by atoms with E-state index in [4.69, 9.17) is 4.74 Å². The highest BCUT2D eigenvalue weighted by molar-refractivity contribution is 4.75. The smallest absolute Gasteiger partial charge is 0.0667 e. The Morgan fingerprint density at radius 2 is 2.50 bits per heavy atom. The van der Waals surface area contributed by atoms with Gasteiger partial charge in [0, 0.05) is 26.2 Å². The first-order valence-electron chi connectivity index (χ1n) is 4.80. The second-order valence-electron chi connectivity index (χ2n) is 3.50. The summed E-state index contributed by atoms with van der Waals surface area (Å²) in [7, 11) is 1.76. The van der Waals surface area contributed by atoms with Crippen LogP contribution in [0.25, 0.3) is 0 Å². The first kappa shape index (κ1) is 9.96. The number of hydrogen-bond acceptors (Lipinski definition) is 3. The summed E-state index contributed by atoms with van der Waals surface area (Å²) >= 11 is 0. The number of nitrogens with one attached hydrogen (secondary N) is 2. The molecule has 72 valence electrons. The third kappa shape index (κ3) is 3.52. The van der Waals surface area contributed by atoms with Crippen LogP contribution in [0, 0.1) is 0 Å². The molecule has 1 aliphatic heterocycles. The summed E-state index contributed by atoms with van der Waals surface area (Å²) < 4.78 is 5.16. The number of methoxy groups -OCH3 is 1. The van der Waals surface area contributed by atoms with Crippen LogP contribution in [0.1, 0.15) is 19.8 Å². The average Bonchev–Trinajstić information content (AvgIpc) is 2.16. The van der Waals surface area contributed by atoms with Crippen LogP contribution in [0.15, 0.2) is 0 Å². The maximum absolute atomic E-state index is 5.16. The summed E-state index contributed by atoms with van der Waals surface area (Å²) in [6, 6.07) is 0.649. The molecule has 1 saturated heterocycles. The Balaban J connectivity index is 2.05. The molecule has 2 unspecified atom stereocenters. The Morgan fingerprint density at radius 3 is 3.08 bits per heavy atom. The van der Waals surface area contributed by atoms with E-state index >= 15 is 0 Å². The summed E-state index contributed by atoms with van der Waals surface area (Å²) in [5.74, 6) is 0. The lowest BCUT2D eigenvalue weighted by Gasteiger charge is -2.25. The number of piperidine rings is 1. The van der Waals surface area contributed by atoms with E-state index in [1.165, 1.54) is 19.4 Å². The molecule has 1 rings (SSSR count). The maximum atomic E-state index is 5.16. The van der Waals surface area contributed by atoms with Gasteiger partial charge in [0.25, 0.3) is 0 Å². The highest BCUT2D eigenvalue weighted by Gasteiger charge is 2.12. The second kappa shape index (κ2) is 5.51. The van der Waals surface area contributed by atoms with E-state index in [9.17, 15) is 0 Å². The Hall–Kier alpha value is -0.120. The third-order valence-corrected chi connectivity index (χ3v) is 2.39. The summed E-state index contributed by atoms with van der Waals surface area (Å²) in [4.78, 5) is 0. The molecule has 0 aromatic rings. The molecule has 2 atom stereocenters. The van der Waals surface area contributed by atoms with Crippen molar-refractivity contribution >= 4 is 0 Å². The van der Waals surface area contributed by atoms with Gasteiger partial charge in [0.15, 0.2) is 0 Å². The molecule has 0 aromatic heterocycles. The average molecular weight is 172 g/mol. The van der Waals surface area contributed by atoms with Crippen LogP contribution in [0.4, 0.5) is 0 Å². The lowest BCUT2D eigenvalue weighted by atomic mass is 10.1. The van der Waals surface area contributed by atoms with E-state index in [-0.39, 0.29) is 0 Å². The SMILES string of the molecule is COC(C)CNC1CCCNC1. The zero-order chi connectivity index (χ0) is 8.81. The van der Waals surface area contributed by atoms with Crippen molar-refractivity contribution in [3.63, 3.8) is 0 Å². The number of hydrogen-bond donors (Lipinski definition) is 2. The van der Waals surface area contributed by atoms with E-state index in [1.54, 1.807) is 7.11 Å². The van der Waals surface area contributed by atoms with Crippen LogP contribution >= 0.6 is 0 Å². The van der Waals surface area contributed by atoms with Crippen molar-refractivity contribution in [2.24, 2.45) is 0 Å². The van der Waals surface area contributed by atoms with Gasteiger partial charge < -0.3 is 15.4 Å². The maximum Gasteiger partial charge on any atom is 0.0667 e. The van der Waals surface area contributed by atoms with Crippen LogP contribution in [0.2, 0.25) is 0 Å². The standard InChI is InChI=1S/C9H20N2O/c1-8(12-2)6-11-9-4-3-5-10-7-9/h8-11H,3-7H2,1-2H3. The minimum Gasteiger partial charge on any atom is -0.380 e. The van der Waals surface area contributed by atoms with E-state index in [2.05, 4.69) is 17.6 Å². The normalized spacial score (nSPS) is 27.0. The van der Waals surface area contributed by atoms with Crippen molar-refractivity contribution in [1.29, 1.82) is 0 Å². The van der Waals surface area contributed by atoms with Crippen molar-refractivity contribution in [3.05, 3.63) is 0 Å². The fraction of sp³-hybridized carbons (Fsp3) is 1.00. The Kier molecular flexibility index (Phi) is 4.58. The van der Waals surface area contributed by atoms with Gasteiger partial charge in [0.2, 0.25) is 0 Å². The van der Waals surface area contributed by atoms with Crippen molar-refractivity contribution in [2.45, 2.75) is 31.9 Å². The molecule has 0 spiro atoms. The molecule has 2 N–H and O–H groups in total. The quantitative estimate of drug-likeness (QED) is 0.642.